The Kier molecular flexibility index (Phi) is 5.01. The van der Waals surface area contributed by atoms with Gasteiger partial charge in [-0.15, -0.1) is 0 Å². The van der Waals surface area contributed by atoms with Crippen LogP contribution in [0.4, 0.5) is 4.39 Å². The molecule has 1 aliphatic carbocycles. The van der Waals surface area contributed by atoms with Crippen molar-refractivity contribution in [1.29, 1.82) is 0 Å². The summed E-state index contributed by atoms with van der Waals surface area (Å²) in [7, 11) is -1.87. The minimum absolute atomic E-state index is 0.0159. The van der Waals surface area contributed by atoms with E-state index in [1.54, 1.807) is 7.11 Å². The van der Waals surface area contributed by atoms with Crippen molar-refractivity contribution in [2.75, 3.05) is 7.11 Å². The van der Waals surface area contributed by atoms with Crippen LogP contribution in [0.5, 0.6) is 0 Å². The molecule has 1 saturated carbocycles. The number of nitrogens with one attached hydrogen (secondary N) is 1. The second-order valence-electron chi connectivity index (χ2n) is 4.99. The Bertz CT molecular complexity index is 579. The van der Waals surface area contributed by atoms with E-state index < -0.39 is 15.8 Å². The van der Waals surface area contributed by atoms with Gasteiger partial charge in [0.1, 0.15) is 5.82 Å². The minimum Gasteiger partial charge on any atom is -0.381 e. The van der Waals surface area contributed by atoms with Gasteiger partial charge in [0.25, 0.3) is 0 Å². The van der Waals surface area contributed by atoms with Crippen LogP contribution in [-0.2, 0) is 20.5 Å². The summed E-state index contributed by atoms with van der Waals surface area (Å²) >= 11 is 5.57. The minimum atomic E-state index is -3.49. The molecule has 112 valence electrons. The molecule has 7 heteroatoms. The highest BCUT2D eigenvalue weighted by Crippen LogP contribution is 2.23. The van der Waals surface area contributed by atoms with Crippen LogP contribution >= 0.6 is 11.6 Å². The van der Waals surface area contributed by atoms with Crippen LogP contribution in [0.1, 0.15) is 24.8 Å². The van der Waals surface area contributed by atoms with Gasteiger partial charge >= 0.3 is 0 Å². The molecule has 2 rings (SSSR count). The molecule has 4 nitrogen and oxygen atoms in total. The molecule has 0 spiro atoms. The van der Waals surface area contributed by atoms with E-state index in [0.29, 0.717) is 12.0 Å². The van der Waals surface area contributed by atoms with Crippen molar-refractivity contribution in [1.82, 2.24) is 4.72 Å². The molecule has 0 saturated heterocycles. The summed E-state index contributed by atoms with van der Waals surface area (Å²) in [6.07, 6.45) is 2.38. The Hall–Kier alpha value is -0.690. The summed E-state index contributed by atoms with van der Waals surface area (Å²) in [5.74, 6) is -0.866. The lowest BCUT2D eigenvalue weighted by Gasteiger charge is -2.13. The highest BCUT2D eigenvalue weighted by molar-refractivity contribution is 7.88. The molecule has 0 aliphatic heterocycles. The number of rotatable bonds is 5. The Labute approximate surface area is 123 Å². The van der Waals surface area contributed by atoms with E-state index in [0.717, 1.165) is 18.9 Å². The molecule has 0 bridgehead atoms. The number of hydrogen-bond donors (Lipinski definition) is 1. The third-order valence-corrected chi connectivity index (χ3v) is 5.12. The predicted molar refractivity (Wildman–Crippen MR) is 75.6 cm³/mol. The molecule has 0 unspecified atom stereocenters. The van der Waals surface area contributed by atoms with Gasteiger partial charge in [-0.2, -0.15) is 0 Å². The summed E-state index contributed by atoms with van der Waals surface area (Å²) < 4.78 is 45.2. The molecule has 0 aromatic heterocycles. The van der Waals surface area contributed by atoms with Crippen LogP contribution in [0.25, 0.3) is 0 Å². The average molecular weight is 322 g/mol. The van der Waals surface area contributed by atoms with Crippen LogP contribution in [-0.4, -0.2) is 27.7 Å². The fourth-order valence-electron chi connectivity index (χ4n) is 2.41. The zero-order chi connectivity index (χ0) is 14.8. The second-order valence-corrected chi connectivity index (χ2v) is 7.15. The molecule has 1 aliphatic rings. The molecule has 1 N–H and O–H groups in total. The van der Waals surface area contributed by atoms with Crippen molar-refractivity contribution >= 4 is 21.6 Å². The fraction of sp³-hybridized carbons (Fsp3) is 0.538. The first-order valence-corrected chi connectivity index (χ1v) is 8.39. The van der Waals surface area contributed by atoms with Gasteiger partial charge in [0, 0.05) is 13.2 Å². The smallest absolute Gasteiger partial charge is 0.216 e. The Morgan fingerprint density at radius 3 is 2.80 bits per heavy atom. The molecule has 20 heavy (non-hydrogen) atoms. The van der Waals surface area contributed by atoms with Gasteiger partial charge in [-0.05, 0) is 37.0 Å². The fourth-order valence-corrected chi connectivity index (χ4v) is 3.95. The number of benzene rings is 1. The number of halogens is 2. The number of hydrogen-bond acceptors (Lipinski definition) is 3. The van der Waals surface area contributed by atoms with Gasteiger partial charge in [0.05, 0.1) is 16.9 Å². The SMILES string of the molecule is CO[C@@H]1CC[C@@H](NS(=O)(=O)Cc2ccc(Cl)c(F)c2)C1. The summed E-state index contributed by atoms with van der Waals surface area (Å²) in [4.78, 5) is 0. The Morgan fingerprint density at radius 1 is 1.45 bits per heavy atom. The maximum Gasteiger partial charge on any atom is 0.216 e. The van der Waals surface area contributed by atoms with Crippen molar-refractivity contribution in [2.24, 2.45) is 0 Å². The lowest BCUT2D eigenvalue weighted by atomic mass is 10.2. The van der Waals surface area contributed by atoms with E-state index >= 15 is 0 Å². The maximum atomic E-state index is 13.3. The Balaban J connectivity index is 1.99. The van der Waals surface area contributed by atoms with Gasteiger partial charge in [-0.3, -0.25) is 0 Å². The summed E-state index contributed by atoms with van der Waals surface area (Å²) in [5, 5.41) is -0.0159. The summed E-state index contributed by atoms with van der Waals surface area (Å²) in [5.41, 5.74) is 0.376. The first-order chi connectivity index (χ1) is 9.39. The maximum absolute atomic E-state index is 13.3. The molecule has 0 heterocycles. The van der Waals surface area contributed by atoms with E-state index in [-0.39, 0.29) is 22.9 Å². The van der Waals surface area contributed by atoms with Gasteiger partial charge in [-0.1, -0.05) is 17.7 Å². The van der Waals surface area contributed by atoms with Gasteiger partial charge in [0.15, 0.2) is 0 Å². The largest absolute Gasteiger partial charge is 0.381 e. The lowest BCUT2D eigenvalue weighted by Crippen LogP contribution is -2.34. The van der Waals surface area contributed by atoms with Crippen molar-refractivity contribution < 1.29 is 17.5 Å². The highest BCUT2D eigenvalue weighted by atomic mass is 35.5. The summed E-state index contributed by atoms with van der Waals surface area (Å²) in [6, 6.07) is 3.91. The topological polar surface area (TPSA) is 55.4 Å². The van der Waals surface area contributed by atoms with Crippen molar-refractivity contribution in [3.63, 3.8) is 0 Å². The molecule has 1 fully saturated rings. The average Bonchev–Trinajstić information content (AvgIpc) is 2.80. The second kappa shape index (κ2) is 6.39. The van der Waals surface area contributed by atoms with Gasteiger partial charge in [-0.25, -0.2) is 17.5 Å². The quantitative estimate of drug-likeness (QED) is 0.906. The molecular weight excluding hydrogens is 305 g/mol. The van der Waals surface area contributed by atoms with E-state index in [1.165, 1.54) is 12.1 Å². The van der Waals surface area contributed by atoms with Crippen LogP contribution < -0.4 is 4.72 Å². The van der Waals surface area contributed by atoms with E-state index in [1.807, 2.05) is 0 Å². The monoisotopic (exact) mass is 321 g/mol. The van der Waals surface area contributed by atoms with Crippen LogP contribution in [0.15, 0.2) is 18.2 Å². The van der Waals surface area contributed by atoms with E-state index in [9.17, 15) is 12.8 Å². The van der Waals surface area contributed by atoms with E-state index in [4.69, 9.17) is 16.3 Å². The Morgan fingerprint density at radius 2 is 2.20 bits per heavy atom. The number of methoxy groups -OCH3 is 1. The molecular formula is C13H17ClFNO3S. The zero-order valence-electron chi connectivity index (χ0n) is 11.1. The molecule has 2 atom stereocenters. The third-order valence-electron chi connectivity index (χ3n) is 3.40. The lowest BCUT2D eigenvalue weighted by molar-refractivity contribution is 0.107. The highest BCUT2D eigenvalue weighted by Gasteiger charge is 2.28. The molecule has 1 aromatic rings. The van der Waals surface area contributed by atoms with E-state index in [2.05, 4.69) is 4.72 Å². The van der Waals surface area contributed by atoms with Crippen LogP contribution in [0.3, 0.4) is 0 Å². The zero-order valence-corrected chi connectivity index (χ0v) is 12.7. The first kappa shape index (κ1) is 15.7. The van der Waals surface area contributed by atoms with Crippen LogP contribution in [0.2, 0.25) is 5.02 Å². The molecule has 1 aromatic carbocycles. The predicted octanol–water partition coefficient (Wildman–Crippen LogP) is 2.47. The third kappa shape index (κ3) is 4.15. The van der Waals surface area contributed by atoms with Gasteiger partial charge < -0.3 is 4.74 Å². The van der Waals surface area contributed by atoms with Crippen molar-refractivity contribution in [2.45, 2.75) is 37.2 Å². The normalized spacial score (nSPS) is 23.1. The number of ether oxygens (including phenoxy) is 1. The van der Waals surface area contributed by atoms with Crippen molar-refractivity contribution in [3.05, 3.63) is 34.6 Å². The standard InChI is InChI=1S/C13H17ClFNO3S/c1-19-11-4-3-10(7-11)16-20(17,18)8-9-2-5-12(14)13(15)6-9/h2,5-6,10-11,16H,3-4,7-8H2,1H3/t10-,11-/m1/s1. The van der Waals surface area contributed by atoms with Crippen molar-refractivity contribution in [3.8, 4) is 0 Å². The summed E-state index contributed by atoms with van der Waals surface area (Å²) in [6.45, 7) is 0. The molecule has 0 radical (unpaired) electrons. The first-order valence-electron chi connectivity index (χ1n) is 6.36. The van der Waals surface area contributed by atoms with Crippen LogP contribution in [0, 0.1) is 5.82 Å². The molecule has 0 amide bonds. The van der Waals surface area contributed by atoms with Gasteiger partial charge in [0.2, 0.25) is 10.0 Å². The number of sulfonamides is 1.